The van der Waals surface area contributed by atoms with Crippen LogP contribution in [0.15, 0.2) is 48.5 Å². The highest BCUT2D eigenvalue weighted by Gasteiger charge is 2.33. The lowest BCUT2D eigenvalue weighted by molar-refractivity contribution is -0.143. The number of nitrogens with two attached hydrogens (primary N) is 1. The molecule has 0 fully saturated rings. The molecule has 18 nitrogen and oxygen atoms in total. The Kier molecular flexibility index (Phi) is 16.7. The van der Waals surface area contributed by atoms with Gasteiger partial charge in [-0.1, -0.05) is 38.1 Å². The lowest BCUT2D eigenvalue weighted by Gasteiger charge is -2.27. The molecule has 0 unspecified atom stereocenters. The van der Waals surface area contributed by atoms with Crippen LogP contribution in [-0.2, 0) is 41.6 Å². The highest BCUT2D eigenvalue weighted by Crippen LogP contribution is 2.14. The fourth-order valence-corrected chi connectivity index (χ4v) is 4.69. The van der Waals surface area contributed by atoms with Crippen LogP contribution in [0.2, 0.25) is 0 Å². The zero-order valence-corrected chi connectivity index (χ0v) is 28.1. The predicted octanol–water partition coefficient (Wildman–Crippen LogP) is -3.26. The summed E-state index contributed by atoms with van der Waals surface area (Å²) in [6.07, 6.45) is -0.380. The molecule has 0 radical (unpaired) electrons. The third kappa shape index (κ3) is 13.9. The Morgan fingerprint density at radius 1 is 0.549 bits per heavy atom. The molecule has 0 heterocycles. The molecular formula is C33H46N6O12. The van der Waals surface area contributed by atoms with E-state index in [1.165, 1.54) is 48.5 Å². The van der Waals surface area contributed by atoms with Gasteiger partial charge in [0, 0.05) is 12.8 Å². The number of carboxylic acid groups (broad SMARTS) is 1. The minimum Gasteiger partial charge on any atom is -0.508 e. The molecule has 51 heavy (non-hydrogen) atoms. The van der Waals surface area contributed by atoms with Gasteiger partial charge in [-0.3, -0.25) is 24.0 Å². The lowest BCUT2D eigenvalue weighted by Crippen LogP contribution is -2.61. The van der Waals surface area contributed by atoms with Crippen molar-refractivity contribution in [2.24, 2.45) is 11.7 Å². The molecule has 0 aliphatic carbocycles. The number of nitrogens with one attached hydrogen (secondary N) is 5. The third-order valence-corrected chi connectivity index (χ3v) is 7.50. The zero-order valence-electron chi connectivity index (χ0n) is 28.1. The second-order valence-electron chi connectivity index (χ2n) is 12.2. The van der Waals surface area contributed by atoms with E-state index in [0.717, 1.165) is 0 Å². The van der Waals surface area contributed by atoms with Gasteiger partial charge in [-0.2, -0.15) is 0 Å². The maximum atomic E-state index is 13.8. The number of carbonyl (C=O) groups is 6. The molecule has 2 aromatic carbocycles. The maximum Gasteiger partial charge on any atom is 0.326 e. The summed E-state index contributed by atoms with van der Waals surface area (Å²) in [5.74, 6) is -6.51. The minimum atomic E-state index is -1.63. The van der Waals surface area contributed by atoms with Crippen LogP contribution in [-0.4, -0.2) is 122 Å². The molecule has 2 rings (SSSR count). The number of aliphatic hydroxyl groups excluding tert-OH is 3. The smallest absolute Gasteiger partial charge is 0.326 e. The number of phenolic OH excluding ortho intramolecular Hbond substituents is 2. The Morgan fingerprint density at radius 2 is 0.882 bits per heavy atom. The third-order valence-electron chi connectivity index (χ3n) is 7.50. The van der Waals surface area contributed by atoms with Gasteiger partial charge in [-0.25, -0.2) is 4.79 Å². The molecular weight excluding hydrogens is 672 g/mol. The van der Waals surface area contributed by atoms with Crippen molar-refractivity contribution in [1.82, 2.24) is 26.6 Å². The molecule has 6 atom stereocenters. The molecule has 0 saturated carbocycles. The minimum absolute atomic E-state index is 0.0654. The Morgan fingerprint density at radius 3 is 1.22 bits per heavy atom. The number of carbonyl (C=O) groups excluding carboxylic acids is 5. The van der Waals surface area contributed by atoms with E-state index < -0.39 is 91.6 Å². The first-order valence-electron chi connectivity index (χ1n) is 16.0. The number of hydrogen-bond donors (Lipinski definition) is 12. The number of benzene rings is 2. The molecule has 0 saturated heterocycles. The van der Waals surface area contributed by atoms with Crippen LogP contribution in [0.3, 0.4) is 0 Å². The summed E-state index contributed by atoms with van der Waals surface area (Å²) in [6.45, 7) is 0.889. The molecule has 18 heteroatoms. The van der Waals surface area contributed by atoms with Crippen LogP contribution in [0.25, 0.3) is 0 Å². The zero-order chi connectivity index (χ0) is 38.2. The fourth-order valence-electron chi connectivity index (χ4n) is 4.69. The van der Waals surface area contributed by atoms with Gasteiger partial charge in [-0.05, 0) is 47.7 Å². The first-order valence-corrected chi connectivity index (χ1v) is 16.0. The first kappa shape index (κ1) is 41.9. The summed E-state index contributed by atoms with van der Waals surface area (Å²) in [5.41, 5.74) is 6.35. The summed E-state index contributed by atoms with van der Waals surface area (Å²) in [7, 11) is 0. The number of rotatable bonds is 20. The van der Waals surface area contributed by atoms with E-state index in [2.05, 4.69) is 26.6 Å². The SMILES string of the molecule is CC(C)C[C@H](NC(=O)[C@H](CO)NC(=O)[C@H](Cc1ccc(O)cc1)NC(=O)[C@H](Cc1ccc(O)cc1)NC(=O)[C@H](CO)NC(=O)[C@@H](N)CO)C(=O)O. The Bertz CT molecular complexity index is 1490. The van der Waals surface area contributed by atoms with Gasteiger partial charge in [0.05, 0.1) is 19.8 Å². The van der Waals surface area contributed by atoms with E-state index in [-0.39, 0.29) is 36.7 Å². The second-order valence-corrected chi connectivity index (χ2v) is 12.2. The number of aliphatic hydroxyl groups is 3. The summed E-state index contributed by atoms with van der Waals surface area (Å²) in [4.78, 5) is 77.4. The van der Waals surface area contributed by atoms with Gasteiger partial charge in [0.1, 0.15) is 47.8 Å². The lowest BCUT2D eigenvalue weighted by atomic mass is 10.0. The number of amides is 5. The normalized spacial score (nSPS) is 14.6. The van der Waals surface area contributed by atoms with Crippen molar-refractivity contribution in [1.29, 1.82) is 0 Å². The van der Waals surface area contributed by atoms with Gasteiger partial charge in [0.15, 0.2) is 0 Å². The number of carboxylic acids is 1. The van der Waals surface area contributed by atoms with E-state index in [4.69, 9.17) is 10.8 Å². The predicted molar refractivity (Wildman–Crippen MR) is 180 cm³/mol. The number of aromatic hydroxyl groups is 2. The Balaban J connectivity index is 2.40. The van der Waals surface area contributed by atoms with E-state index in [1.54, 1.807) is 13.8 Å². The summed E-state index contributed by atoms with van der Waals surface area (Å²) < 4.78 is 0. The molecule has 0 aromatic heterocycles. The molecule has 13 N–H and O–H groups in total. The van der Waals surface area contributed by atoms with Crippen LogP contribution in [0.4, 0.5) is 0 Å². The Hall–Kier alpha value is -5.30. The monoisotopic (exact) mass is 718 g/mol. The largest absolute Gasteiger partial charge is 0.508 e. The average Bonchev–Trinajstić information content (AvgIpc) is 3.09. The first-order chi connectivity index (χ1) is 24.1. The van der Waals surface area contributed by atoms with E-state index in [9.17, 15) is 54.3 Å². The van der Waals surface area contributed by atoms with E-state index in [0.29, 0.717) is 11.1 Å². The summed E-state index contributed by atoms with van der Waals surface area (Å²) >= 11 is 0. The van der Waals surface area contributed by atoms with Crippen LogP contribution in [0.1, 0.15) is 31.4 Å². The summed E-state index contributed by atoms with van der Waals surface area (Å²) in [5, 5.41) is 69.5. The highest BCUT2D eigenvalue weighted by atomic mass is 16.4. The van der Waals surface area contributed by atoms with Crippen LogP contribution < -0.4 is 32.3 Å². The van der Waals surface area contributed by atoms with Gasteiger partial charge in [-0.15, -0.1) is 0 Å². The number of phenols is 2. The van der Waals surface area contributed by atoms with Crippen LogP contribution in [0, 0.1) is 5.92 Å². The van der Waals surface area contributed by atoms with Crippen molar-refractivity contribution in [2.75, 3.05) is 19.8 Å². The van der Waals surface area contributed by atoms with Gasteiger partial charge in [0.25, 0.3) is 0 Å². The quantitative estimate of drug-likeness (QED) is 0.0641. The van der Waals surface area contributed by atoms with E-state index >= 15 is 0 Å². The van der Waals surface area contributed by atoms with Gasteiger partial charge in [0.2, 0.25) is 29.5 Å². The molecule has 5 amide bonds. The van der Waals surface area contributed by atoms with Crippen molar-refractivity contribution in [3.63, 3.8) is 0 Å². The molecule has 0 spiro atoms. The molecule has 0 aliphatic rings. The van der Waals surface area contributed by atoms with Crippen molar-refractivity contribution >= 4 is 35.5 Å². The molecule has 2 aromatic rings. The van der Waals surface area contributed by atoms with Crippen molar-refractivity contribution in [3.05, 3.63) is 59.7 Å². The van der Waals surface area contributed by atoms with Crippen molar-refractivity contribution < 1.29 is 59.4 Å². The molecule has 0 aliphatic heterocycles. The fraction of sp³-hybridized carbons (Fsp3) is 0.455. The van der Waals surface area contributed by atoms with Crippen molar-refractivity contribution in [2.45, 2.75) is 69.4 Å². The molecule has 0 bridgehead atoms. The second kappa shape index (κ2) is 20.4. The van der Waals surface area contributed by atoms with E-state index in [1.807, 2.05) is 0 Å². The van der Waals surface area contributed by atoms with Crippen molar-refractivity contribution in [3.8, 4) is 11.5 Å². The standard InChI is InChI=1S/C33H46N6O12/c1-17(2)11-25(33(50)51)37-32(49)27(16-42)39-30(47)24(13-19-5-9-21(44)10-6-19)35-29(46)23(12-18-3-7-20(43)8-4-18)36-31(48)26(15-41)38-28(45)22(34)14-40/h3-10,17,22-27,40-44H,11-16,34H2,1-2H3,(H,35,46)(H,36,48)(H,37,49)(H,38,45)(H,39,47)(H,50,51)/t22-,23-,24-,25-,26-,27-/m0/s1. The van der Waals surface area contributed by atoms with Crippen LogP contribution >= 0.6 is 0 Å². The molecule has 280 valence electrons. The maximum absolute atomic E-state index is 13.8. The van der Waals surface area contributed by atoms with Crippen LogP contribution in [0.5, 0.6) is 11.5 Å². The topological polar surface area (TPSA) is 310 Å². The Labute approximate surface area is 293 Å². The van der Waals surface area contributed by atoms with Gasteiger partial charge >= 0.3 is 5.97 Å². The average molecular weight is 719 g/mol. The summed E-state index contributed by atoms with van der Waals surface area (Å²) in [6, 6.07) is 2.26. The highest BCUT2D eigenvalue weighted by molar-refractivity contribution is 5.96. The van der Waals surface area contributed by atoms with Gasteiger partial charge < -0.3 is 63.0 Å². The number of hydrogen-bond acceptors (Lipinski definition) is 12. The number of aliphatic carboxylic acids is 1.